The van der Waals surface area contributed by atoms with Crippen molar-refractivity contribution in [2.24, 2.45) is 16.7 Å². The fourth-order valence-corrected chi connectivity index (χ4v) is 11.4. The third kappa shape index (κ3) is 10.3. The van der Waals surface area contributed by atoms with E-state index in [4.69, 9.17) is 4.74 Å². The van der Waals surface area contributed by atoms with Gasteiger partial charge in [0.1, 0.15) is 23.4 Å². The van der Waals surface area contributed by atoms with Crippen LogP contribution in [-0.4, -0.2) is 123 Å². The van der Waals surface area contributed by atoms with Gasteiger partial charge in [0.2, 0.25) is 17.7 Å². The molecule has 0 radical (unpaired) electrons. The van der Waals surface area contributed by atoms with Crippen LogP contribution in [0.5, 0.6) is 5.75 Å². The molecule has 1 unspecified atom stereocenters. The van der Waals surface area contributed by atoms with Gasteiger partial charge in [-0.15, -0.1) is 0 Å². The van der Waals surface area contributed by atoms with Crippen LogP contribution in [0.25, 0.3) is 33.3 Å². The minimum atomic E-state index is -1.25. The molecule has 4 aromatic rings. The monoisotopic (exact) mass is 956 g/mol. The molecule has 4 aliphatic rings. The first-order chi connectivity index (χ1) is 33.2. The number of aromatic hydroxyl groups is 1. The molecule has 3 aromatic carbocycles. The van der Waals surface area contributed by atoms with Crippen LogP contribution in [0.15, 0.2) is 73.3 Å². The Morgan fingerprint density at radius 3 is 2.33 bits per heavy atom. The van der Waals surface area contributed by atoms with E-state index >= 15 is 0 Å². The molecule has 1 aromatic heterocycles. The Balaban J connectivity index is 1.18. The molecule has 3 saturated heterocycles. The molecule has 5 heterocycles. The number of amides is 4. The number of hydrogen-bond donors (Lipinski definition) is 3. The summed E-state index contributed by atoms with van der Waals surface area (Å²) < 4.78 is 8.61. The topological polar surface area (TPSA) is 157 Å². The highest BCUT2D eigenvalue weighted by Gasteiger charge is 2.47. The summed E-state index contributed by atoms with van der Waals surface area (Å²) in [5.41, 5.74) is 8.48. The molecule has 3 N–H and O–H groups in total. The Labute approximate surface area is 413 Å². The summed E-state index contributed by atoms with van der Waals surface area (Å²) in [6.45, 7) is 22.1. The van der Waals surface area contributed by atoms with Crippen molar-refractivity contribution in [1.29, 1.82) is 0 Å². The van der Waals surface area contributed by atoms with E-state index in [0.717, 1.165) is 65.0 Å². The summed E-state index contributed by atoms with van der Waals surface area (Å²) in [6.07, 6.45) is 5.66. The number of nitrogens with one attached hydrogen (secondary N) is 2. The number of carbonyl (C=O) groups is 5. The fraction of sp³-hybridized carbons (Fsp3) is 0.518. The van der Waals surface area contributed by atoms with Gasteiger partial charge in [-0.1, -0.05) is 70.7 Å². The smallest absolute Gasteiger partial charge is 0.327 e. The van der Waals surface area contributed by atoms with Crippen molar-refractivity contribution in [2.75, 3.05) is 46.4 Å². The SMILES string of the molecule is C=CC(=O)N1CCC(C)(C(=O)N(C)[C@H](C(=O)N[C@H]2Cc3cc(O)cc(c3)-c3ccc4c(c3)c(c(-c3ccc(CN5CCCC5)cc3)n4CC)CC(C)(C)COC(=O)[C@@]3(C)CCCN(N3)C2=O)C(C)C)C1. The molecule has 6 bridgehead atoms. The van der Waals surface area contributed by atoms with Crippen molar-refractivity contribution in [3.63, 3.8) is 0 Å². The zero-order valence-electron chi connectivity index (χ0n) is 42.5. The van der Waals surface area contributed by atoms with E-state index in [1.807, 2.05) is 26.8 Å². The normalized spacial score (nSPS) is 23.5. The molecule has 0 spiro atoms. The second kappa shape index (κ2) is 20.0. The lowest BCUT2D eigenvalue weighted by Gasteiger charge is -2.42. The van der Waals surface area contributed by atoms with Crippen molar-refractivity contribution in [1.82, 2.24) is 35.0 Å². The molecule has 70 heavy (non-hydrogen) atoms. The molecule has 4 aliphatic heterocycles. The van der Waals surface area contributed by atoms with Crippen molar-refractivity contribution in [3.05, 3.63) is 90.0 Å². The number of benzene rings is 3. The number of nitrogens with zero attached hydrogens (tertiary/aromatic N) is 5. The number of hydrogen-bond acceptors (Lipinski definition) is 9. The number of ether oxygens (including phenoxy) is 1. The molecule has 4 amide bonds. The van der Waals surface area contributed by atoms with E-state index in [-0.39, 0.29) is 49.6 Å². The van der Waals surface area contributed by atoms with Crippen LogP contribution in [0.2, 0.25) is 0 Å². The minimum absolute atomic E-state index is 0.00404. The van der Waals surface area contributed by atoms with Gasteiger partial charge in [-0.25, -0.2) is 10.2 Å². The number of aromatic nitrogens is 1. The van der Waals surface area contributed by atoms with Crippen molar-refractivity contribution >= 4 is 40.5 Å². The van der Waals surface area contributed by atoms with Gasteiger partial charge < -0.3 is 29.5 Å². The van der Waals surface area contributed by atoms with Crippen LogP contribution in [0.4, 0.5) is 0 Å². The molecule has 14 heteroatoms. The highest BCUT2D eigenvalue weighted by atomic mass is 16.5. The maximum Gasteiger partial charge on any atom is 0.327 e. The lowest BCUT2D eigenvalue weighted by Crippen LogP contribution is -2.66. The third-order valence-electron chi connectivity index (χ3n) is 15.2. The van der Waals surface area contributed by atoms with Crippen molar-refractivity contribution < 1.29 is 33.8 Å². The zero-order chi connectivity index (χ0) is 50.3. The molecule has 0 saturated carbocycles. The van der Waals surface area contributed by atoms with Gasteiger partial charge in [-0.3, -0.25) is 29.1 Å². The Morgan fingerprint density at radius 2 is 1.64 bits per heavy atom. The number of phenolic OH excluding ortho intramolecular Hbond substituents is 1. The number of phenols is 1. The quantitative estimate of drug-likeness (QED) is 0.110. The largest absolute Gasteiger partial charge is 0.508 e. The number of likely N-dealkylation sites (N-methyl/N-ethyl adjacent to an activating group) is 1. The summed E-state index contributed by atoms with van der Waals surface area (Å²) in [4.78, 5) is 76.2. The fourth-order valence-electron chi connectivity index (χ4n) is 11.4. The summed E-state index contributed by atoms with van der Waals surface area (Å²) in [5, 5.41) is 16.9. The Kier molecular flexibility index (Phi) is 14.4. The number of aryl methyl sites for hydroxylation is 1. The summed E-state index contributed by atoms with van der Waals surface area (Å²) in [5.74, 6) is -2.36. The van der Waals surface area contributed by atoms with Crippen LogP contribution >= 0.6 is 0 Å². The second-order valence-electron chi connectivity index (χ2n) is 22.0. The van der Waals surface area contributed by atoms with Crippen LogP contribution in [-0.2, 0) is 54.6 Å². The Bertz CT molecular complexity index is 2670. The lowest BCUT2D eigenvalue weighted by molar-refractivity contribution is -0.162. The summed E-state index contributed by atoms with van der Waals surface area (Å²) in [7, 11) is 1.60. The second-order valence-corrected chi connectivity index (χ2v) is 22.0. The van der Waals surface area contributed by atoms with Gasteiger partial charge >= 0.3 is 5.97 Å². The molecule has 374 valence electrons. The number of fused-ring (bicyclic) bond motifs is 6. The van der Waals surface area contributed by atoms with Crippen LogP contribution in [0.1, 0.15) is 97.3 Å². The minimum Gasteiger partial charge on any atom is -0.508 e. The molecular formula is C56H73N7O7. The van der Waals surface area contributed by atoms with Crippen LogP contribution in [0, 0.1) is 16.7 Å². The Morgan fingerprint density at radius 1 is 0.929 bits per heavy atom. The van der Waals surface area contributed by atoms with E-state index in [0.29, 0.717) is 37.8 Å². The first-order valence-corrected chi connectivity index (χ1v) is 25.3. The molecule has 3 fully saturated rings. The predicted octanol–water partition coefficient (Wildman–Crippen LogP) is 7.24. The van der Waals surface area contributed by atoms with E-state index in [2.05, 4.69) is 90.0 Å². The average Bonchev–Trinajstić information content (AvgIpc) is 4.07. The molecule has 4 atom stereocenters. The Hall–Kier alpha value is -5.99. The summed E-state index contributed by atoms with van der Waals surface area (Å²) >= 11 is 0. The van der Waals surface area contributed by atoms with Gasteiger partial charge in [0, 0.05) is 62.5 Å². The van der Waals surface area contributed by atoms with Gasteiger partial charge in [-0.05, 0) is 142 Å². The van der Waals surface area contributed by atoms with Crippen molar-refractivity contribution in [2.45, 2.75) is 124 Å². The van der Waals surface area contributed by atoms with Crippen LogP contribution < -0.4 is 10.7 Å². The lowest BCUT2D eigenvalue weighted by atomic mass is 9.84. The average molecular weight is 956 g/mol. The standard InChI is InChI=1S/C56H73N7O7/c1-10-47(65)61-26-22-55(7,34-61)52(68)59(9)48(36(3)4)50(66)57-45-29-38-27-41(30-42(64)28-38)40-19-20-46-43(31-40)44(32-54(5,6)35-70-53(69)56(8)21-14-25-63(58-56)51(45)67)49(62(46)11-2)39-17-15-37(16-18-39)33-60-23-12-13-24-60/h10,15-20,27-28,30-31,36,45,48,58,64H,1,11-14,21-26,29,32-35H2,2-9H3,(H,57,66)/t45-,48-,55?,56+/m0/s1. The molecular weight excluding hydrogens is 883 g/mol. The number of cyclic esters (lactones) is 1. The molecule has 8 rings (SSSR count). The third-order valence-corrected chi connectivity index (χ3v) is 15.2. The van der Waals surface area contributed by atoms with E-state index in [9.17, 15) is 29.1 Å². The predicted molar refractivity (Wildman–Crippen MR) is 272 cm³/mol. The van der Waals surface area contributed by atoms with Crippen molar-refractivity contribution in [3.8, 4) is 28.1 Å². The van der Waals surface area contributed by atoms with Crippen LogP contribution in [0.3, 0.4) is 0 Å². The molecule has 14 nitrogen and oxygen atoms in total. The van der Waals surface area contributed by atoms with Gasteiger partial charge in [0.05, 0.1) is 17.7 Å². The highest BCUT2D eigenvalue weighted by molar-refractivity contribution is 5.96. The first-order valence-electron chi connectivity index (χ1n) is 25.3. The summed E-state index contributed by atoms with van der Waals surface area (Å²) in [6, 6.07) is 18.5. The number of esters is 1. The van der Waals surface area contributed by atoms with Gasteiger partial charge in [0.15, 0.2) is 0 Å². The molecule has 0 aliphatic carbocycles. The maximum atomic E-state index is 14.9. The number of hydrazine groups is 1. The number of carbonyl (C=O) groups excluding carboxylic acids is 5. The van der Waals surface area contributed by atoms with E-state index in [1.54, 1.807) is 31.0 Å². The van der Waals surface area contributed by atoms with Gasteiger partial charge in [0.25, 0.3) is 5.91 Å². The van der Waals surface area contributed by atoms with Gasteiger partial charge in [-0.2, -0.15) is 0 Å². The zero-order valence-corrected chi connectivity index (χ0v) is 42.5. The highest BCUT2D eigenvalue weighted by Crippen LogP contribution is 2.41. The van der Waals surface area contributed by atoms with E-state index < -0.39 is 46.2 Å². The number of likely N-dealkylation sites (tertiary alicyclic amines) is 2. The first kappa shape index (κ1) is 50.4. The van der Waals surface area contributed by atoms with E-state index in [1.165, 1.54) is 34.4 Å². The maximum absolute atomic E-state index is 14.9. The number of rotatable bonds is 10.